The summed E-state index contributed by atoms with van der Waals surface area (Å²) in [6.45, 7) is 2.54. The molecule has 4 nitrogen and oxygen atoms in total. The van der Waals surface area contributed by atoms with Crippen LogP contribution in [0.15, 0.2) is 23.2 Å². The van der Waals surface area contributed by atoms with Crippen molar-refractivity contribution in [1.29, 1.82) is 0 Å². The van der Waals surface area contributed by atoms with Crippen molar-refractivity contribution in [3.8, 4) is 17.4 Å². The van der Waals surface area contributed by atoms with Gasteiger partial charge in [0.15, 0.2) is 11.5 Å². The van der Waals surface area contributed by atoms with E-state index < -0.39 is 0 Å². The highest BCUT2D eigenvalue weighted by Gasteiger charge is 2.11. The predicted octanol–water partition coefficient (Wildman–Crippen LogP) is 3.37. The van der Waals surface area contributed by atoms with Crippen LogP contribution in [0.1, 0.15) is 6.92 Å². The van der Waals surface area contributed by atoms with Crippen molar-refractivity contribution in [1.82, 2.24) is 4.98 Å². The van der Waals surface area contributed by atoms with Gasteiger partial charge in [0.05, 0.1) is 20.8 Å². The summed E-state index contributed by atoms with van der Waals surface area (Å²) < 4.78 is 16.1. The second-order valence-electron chi connectivity index (χ2n) is 3.83. The Balaban J connectivity index is 2.67. The van der Waals surface area contributed by atoms with Gasteiger partial charge < -0.3 is 14.2 Å². The second kappa shape index (κ2) is 6.02. The molecule has 0 N–H and O–H groups in total. The number of nitrogens with zero attached hydrogens (tertiary/aromatic N) is 1. The van der Waals surface area contributed by atoms with E-state index in [1.54, 1.807) is 26.0 Å². The van der Waals surface area contributed by atoms with Crippen LogP contribution in [0.5, 0.6) is 17.4 Å². The lowest BCUT2D eigenvalue weighted by Crippen LogP contribution is -1.97. The minimum absolute atomic E-state index is 0.597. The third kappa shape index (κ3) is 2.71. The van der Waals surface area contributed by atoms with Crippen molar-refractivity contribution >= 4 is 22.5 Å². The van der Waals surface area contributed by atoms with Crippen molar-refractivity contribution in [2.45, 2.75) is 11.9 Å². The zero-order valence-electron chi connectivity index (χ0n) is 11.5. The summed E-state index contributed by atoms with van der Waals surface area (Å²) in [5, 5.41) is 2.98. The molecule has 1 heterocycles. The van der Waals surface area contributed by atoms with E-state index >= 15 is 0 Å². The van der Waals surface area contributed by atoms with Gasteiger partial charge in [0.25, 0.3) is 0 Å². The maximum absolute atomic E-state index is 5.49. The minimum Gasteiger partial charge on any atom is -0.493 e. The molecule has 0 spiro atoms. The average molecular weight is 279 g/mol. The fraction of sp³-hybridized carbons (Fsp3) is 0.357. The summed E-state index contributed by atoms with van der Waals surface area (Å²) in [5.41, 5.74) is 0. The van der Waals surface area contributed by atoms with Gasteiger partial charge in [0.1, 0.15) is 5.03 Å². The highest BCUT2D eigenvalue weighted by molar-refractivity contribution is 7.98. The molecule has 0 aliphatic carbocycles. The number of thioether (sulfide) groups is 1. The van der Waals surface area contributed by atoms with Crippen LogP contribution in [0.2, 0.25) is 0 Å². The number of methoxy groups -OCH3 is 2. The molecule has 2 rings (SSSR count). The summed E-state index contributed by atoms with van der Waals surface area (Å²) in [6.07, 6.45) is 1.99. The van der Waals surface area contributed by atoms with E-state index in [2.05, 4.69) is 4.98 Å². The Hall–Kier alpha value is -1.62. The molecule has 0 bridgehead atoms. The first-order valence-corrected chi connectivity index (χ1v) is 7.19. The number of rotatable bonds is 5. The Morgan fingerprint density at radius 3 is 2.37 bits per heavy atom. The third-order valence-corrected chi connectivity index (χ3v) is 3.46. The van der Waals surface area contributed by atoms with Gasteiger partial charge in [-0.2, -0.15) is 0 Å². The number of fused-ring (bicyclic) bond motifs is 1. The normalized spacial score (nSPS) is 10.5. The maximum atomic E-state index is 5.49. The molecule has 0 amide bonds. The second-order valence-corrected chi connectivity index (χ2v) is 4.63. The van der Waals surface area contributed by atoms with E-state index in [4.69, 9.17) is 14.2 Å². The van der Waals surface area contributed by atoms with Crippen LogP contribution in [0.3, 0.4) is 0 Å². The number of aromatic nitrogens is 1. The molecule has 1 aromatic carbocycles. The van der Waals surface area contributed by atoms with Crippen LogP contribution in [0.4, 0.5) is 0 Å². The molecule has 0 atom stereocenters. The Kier molecular flexibility index (Phi) is 4.37. The van der Waals surface area contributed by atoms with Crippen molar-refractivity contribution < 1.29 is 14.2 Å². The van der Waals surface area contributed by atoms with Gasteiger partial charge in [-0.1, -0.05) is 0 Å². The molecule has 0 aliphatic rings. The van der Waals surface area contributed by atoms with Crippen molar-refractivity contribution in [2.75, 3.05) is 27.1 Å². The van der Waals surface area contributed by atoms with Crippen LogP contribution in [-0.2, 0) is 0 Å². The molecule has 102 valence electrons. The Bertz CT molecular complexity index is 586. The number of pyridine rings is 1. The van der Waals surface area contributed by atoms with E-state index in [1.165, 1.54) is 0 Å². The van der Waals surface area contributed by atoms with Gasteiger partial charge in [-0.15, -0.1) is 11.8 Å². The van der Waals surface area contributed by atoms with Crippen molar-refractivity contribution in [3.63, 3.8) is 0 Å². The van der Waals surface area contributed by atoms with Crippen LogP contribution in [0.25, 0.3) is 10.8 Å². The van der Waals surface area contributed by atoms with Gasteiger partial charge >= 0.3 is 0 Å². The predicted molar refractivity (Wildman–Crippen MR) is 77.8 cm³/mol. The largest absolute Gasteiger partial charge is 0.493 e. The molecule has 19 heavy (non-hydrogen) atoms. The number of benzene rings is 1. The molecule has 2 aromatic rings. The number of ether oxygens (including phenoxy) is 3. The molecule has 0 fully saturated rings. The topological polar surface area (TPSA) is 40.6 Å². The first-order valence-electron chi connectivity index (χ1n) is 5.97. The standard InChI is InChI=1S/C14H17NO3S/c1-5-18-13-7-9-6-11(16-2)12(17-3)8-10(9)14(15-13)19-4/h6-8H,5H2,1-4H3. The summed E-state index contributed by atoms with van der Waals surface area (Å²) >= 11 is 1.58. The first-order chi connectivity index (χ1) is 9.23. The molecule has 0 saturated carbocycles. The van der Waals surface area contributed by atoms with E-state index in [0.29, 0.717) is 24.0 Å². The van der Waals surface area contributed by atoms with Gasteiger partial charge in [-0.05, 0) is 30.7 Å². The fourth-order valence-corrected chi connectivity index (χ4v) is 2.48. The quantitative estimate of drug-likeness (QED) is 0.785. The monoisotopic (exact) mass is 279 g/mol. The van der Waals surface area contributed by atoms with Gasteiger partial charge in [-0.25, -0.2) is 4.98 Å². The minimum atomic E-state index is 0.597. The average Bonchev–Trinajstić information content (AvgIpc) is 2.45. The Labute approximate surface area is 117 Å². The van der Waals surface area contributed by atoms with Gasteiger partial charge in [0.2, 0.25) is 5.88 Å². The van der Waals surface area contributed by atoms with Crippen molar-refractivity contribution in [3.05, 3.63) is 18.2 Å². The van der Waals surface area contributed by atoms with E-state index in [1.807, 2.05) is 31.4 Å². The molecule has 0 radical (unpaired) electrons. The summed E-state index contributed by atoms with van der Waals surface area (Å²) in [6, 6.07) is 5.81. The Morgan fingerprint density at radius 2 is 1.79 bits per heavy atom. The SMILES string of the molecule is CCOc1cc2cc(OC)c(OC)cc2c(SC)n1. The van der Waals surface area contributed by atoms with Gasteiger partial charge in [0, 0.05) is 11.5 Å². The molecule has 5 heteroatoms. The van der Waals surface area contributed by atoms with E-state index in [9.17, 15) is 0 Å². The summed E-state index contributed by atoms with van der Waals surface area (Å²) in [7, 11) is 3.26. The molecule has 0 aliphatic heterocycles. The zero-order valence-corrected chi connectivity index (χ0v) is 12.3. The molecular weight excluding hydrogens is 262 g/mol. The van der Waals surface area contributed by atoms with Gasteiger partial charge in [-0.3, -0.25) is 0 Å². The smallest absolute Gasteiger partial charge is 0.214 e. The van der Waals surface area contributed by atoms with E-state index in [0.717, 1.165) is 15.8 Å². The maximum Gasteiger partial charge on any atom is 0.214 e. The number of hydrogen-bond donors (Lipinski definition) is 0. The van der Waals surface area contributed by atoms with Crippen LogP contribution in [-0.4, -0.2) is 32.1 Å². The summed E-state index contributed by atoms with van der Waals surface area (Å²) in [4.78, 5) is 4.48. The van der Waals surface area contributed by atoms with Crippen molar-refractivity contribution in [2.24, 2.45) is 0 Å². The lowest BCUT2D eigenvalue weighted by atomic mass is 10.1. The van der Waals surface area contributed by atoms with E-state index in [-0.39, 0.29) is 0 Å². The molecular formula is C14H17NO3S. The fourth-order valence-electron chi connectivity index (χ4n) is 1.90. The Morgan fingerprint density at radius 1 is 1.11 bits per heavy atom. The molecule has 0 saturated heterocycles. The summed E-state index contributed by atoms with van der Waals surface area (Å²) in [5.74, 6) is 2.04. The molecule has 1 aromatic heterocycles. The number of hydrogen-bond acceptors (Lipinski definition) is 5. The highest BCUT2D eigenvalue weighted by Crippen LogP contribution is 2.36. The third-order valence-electron chi connectivity index (χ3n) is 2.76. The van der Waals surface area contributed by atoms with Crippen LogP contribution < -0.4 is 14.2 Å². The lowest BCUT2D eigenvalue weighted by Gasteiger charge is -2.12. The molecule has 0 unspecified atom stereocenters. The van der Waals surface area contributed by atoms with Crippen LogP contribution in [0, 0.1) is 0 Å². The highest BCUT2D eigenvalue weighted by atomic mass is 32.2. The zero-order chi connectivity index (χ0) is 13.8. The lowest BCUT2D eigenvalue weighted by molar-refractivity contribution is 0.325. The van der Waals surface area contributed by atoms with Crippen LogP contribution >= 0.6 is 11.8 Å². The first kappa shape index (κ1) is 13.8.